The number of aliphatic imine (C=N–C) groups is 2. The van der Waals surface area contributed by atoms with E-state index in [1.807, 2.05) is 19.1 Å². The number of rotatable bonds is 4. The fourth-order valence-electron chi connectivity index (χ4n) is 2.42. The lowest BCUT2D eigenvalue weighted by molar-refractivity contribution is 0.0484. The average molecular weight is 257 g/mol. The molecule has 2 N–H and O–H groups in total. The molecule has 1 aliphatic heterocycles. The maximum Gasteiger partial charge on any atom is 0.115 e. The first kappa shape index (κ1) is 13.6. The third kappa shape index (κ3) is 2.80. The fraction of sp³-hybridized carbons (Fsp3) is 0.333. The molecule has 19 heavy (non-hydrogen) atoms. The summed E-state index contributed by atoms with van der Waals surface area (Å²) in [6, 6.07) is 6.18. The molecule has 0 fully saturated rings. The summed E-state index contributed by atoms with van der Waals surface area (Å²) in [7, 11) is 0. The van der Waals surface area contributed by atoms with Gasteiger partial charge in [0.1, 0.15) is 6.34 Å². The first-order valence-corrected chi connectivity index (χ1v) is 6.40. The first-order valence-electron chi connectivity index (χ1n) is 6.40. The number of ether oxygens (including phenoxy) is 1. The fourth-order valence-corrected chi connectivity index (χ4v) is 2.42. The third-order valence-electron chi connectivity index (χ3n) is 3.27. The predicted molar refractivity (Wildman–Crippen MR) is 79.6 cm³/mol. The van der Waals surface area contributed by atoms with Crippen LogP contribution in [0.5, 0.6) is 0 Å². The number of hydrogen-bond acceptors (Lipinski definition) is 3. The quantitative estimate of drug-likeness (QED) is 0.665. The molecule has 0 radical (unpaired) electrons. The minimum absolute atomic E-state index is 0.0108. The Morgan fingerprint density at radius 2 is 2.42 bits per heavy atom. The second-order valence-corrected chi connectivity index (χ2v) is 4.32. The number of allylic oxidation sites excluding steroid dienone is 1. The molecule has 1 aromatic carbocycles. The van der Waals surface area contributed by atoms with Crippen LogP contribution in [0.3, 0.4) is 0 Å². The van der Waals surface area contributed by atoms with Crippen LogP contribution in [0.15, 0.2) is 34.3 Å². The summed E-state index contributed by atoms with van der Waals surface area (Å²) >= 11 is 0. The molecule has 100 valence electrons. The van der Waals surface area contributed by atoms with Crippen molar-refractivity contribution in [3.63, 3.8) is 0 Å². The first-order chi connectivity index (χ1) is 9.31. The molecule has 0 aliphatic carbocycles. The zero-order valence-electron chi connectivity index (χ0n) is 11.2. The van der Waals surface area contributed by atoms with Gasteiger partial charge in [0.25, 0.3) is 0 Å². The van der Waals surface area contributed by atoms with Gasteiger partial charge in [-0.05, 0) is 31.2 Å². The minimum Gasteiger partial charge on any atom is -0.372 e. The average Bonchev–Trinajstić information content (AvgIpc) is 2.47. The lowest BCUT2D eigenvalue weighted by Crippen LogP contribution is -2.23. The van der Waals surface area contributed by atoms with Gasteiger partial charge in [0.05, 0.1) is 18.4 Å². The molecule has 1 aromatic rings. The highest BCUT2D eigenvalue weighted by Gasteiger charge is 2.22. The maximum absolute atomic E-state index is 5.76. The van der Waals surface area contributed by atoms with Gasteiger partial charge >= 0.3 is 0 Å². The highest BCUT2D eigenvalue weighted by molar-refractivity contribution is 5.76. The van der Waals surface area contributed by atoms with Gasteiger partial charge in [-0.25, -0.2) is 4.99 Å². The SMILES string of the molecule is C=N/C=N\C(=C/C)c1cccc2c1CCO[C@H]2CN. The molecular weight excluding hydrogens is 238 g/mol. The maximum atomic E-state index is 5.76. The molecule has 0 saturated heterocycles. The van der Waals surface area contributed by atoms with Crippen LogP contribution >= 0.6 is 0 Å². The molecule has 1 atom stereocenters. The van der Waals surface area contributed by atoms with Crippen LogP contribution in [0.2, 0.25) is 0 Å². The van der Waals surface area contributed by atoms with Gasteiger partial charge in [0, 0.05) is 12.1 Å². The molecule has 0 bridgehead atoms. The molecule has 0 spiro atoms. The standard InChI is InChI=1S/C15H19N3O/c1-3-14(18-10-17-2)12-5-4-6-13-11(12)7-8-19-15(13)9-16/h3-6,10,15H,2,7-9,16H2,1H3/b14-3-,18-10-/t15-/m0/s1. The topological polar surface area (TPSA) is 60.0 Å². The number of benzene rings is 1. The van der Waals surface area contributed by atoms with Crippen LogP contribution in [-0.2, 0) is 11.2 Å². The van der Waals surface area contributed by atoms with Crippen molar-refractivity contribution in [1.82, 2.24) is 0 Å². The predicted octanol–water partition coefficient (Wildman–Crippen LogP) is 2.35. The van der Waals surface area contributed by atoms with Gasteiger partial charge in [-0.2, -0.15) is 0 Å². The Bertz CT molecular complexity index is 520. The van der Waals surface area contributed by atoms with E-state index in [1.165, 1.54) is 17.5 Å². The Labute approximate surface area is 113 Å². The molecule has 0 aromatic heterocycles. The summed E-state index contributed by atoms with van der Waals surface area (Å²) < 4.78 is 5.69. The molecule has 1 heterocycles. The van der Waals surface area contributed by atoms with Crippen molar-refractivity contribution >= 4 is 18.8 Å². The molecular formula is C15H19N3O. The largest absolute Gasteiger partial charge is 0.372 e. The lowest BCUT2D eigenvalue weighted by Gasteiger charge is -2.27. The van der Waals surface area contributed by atoms with Gasteiger partial charge in [0.15, 0.2) is 0 Å². The summed E-state index contributed by atoms with van der Waals surface area (Å²) in [5, 5.41) is 0. The molecule has 0 unspecified atom stereocenters. The smallest absolute Gasteiger partial charge is 0.115 e. The Hall–Kier alpha value is -1.78. The van der Waals surface area contributed by atoms with E-state index in [0.29, 0.717) is 13.2 Å². The van der Waals surface area contributed by atoms with E-state index in [9.17, 15) is 0 Å². The normalized spacial score (nSPS) is 19.5. The van der Waals surface area contributed by atoms with Crippen molar-refractivity contribution in [1.29, 1.82) is 0 Å². The molecule has 4 heteroatoms. The third-order valence-corrected chi connectivity index (χ3v) is 3.27. The Morgan fingerprint density at radius 1 is 1.58 bits per heavy atom. The van der Waals surface area contributed by atoms with Crippen molar-refractivity contribution in [3.8, 4) is 0 Å². The molecule has 0 amide bonds. The van der Waals surface area contributed by atoms with E-state index in [4.69, 9.17) is 10.5 Å². The van der Waals surface area contributed by atoms with E-state index in [2.05, 4.69) is 28.8 Å². The lowest BCUT2D eigenvalue weighted by atomic mass is 9.91. The summed E-state index contributed by atoms with van der Waals surface area (Å²) in [6.45, 7) is 6.58. The number of fused-ring (bicyclic) bond motifs is 1. The number of hydrogen-bond donors (Lipinski definition) is 1. The second kappa shape index (κ2) is 6.41. The molecule has 1 aliphatic rings. The van der Waals surface area contributed by atoms with Crippen molar-refractivity contribution in [2.75, 3.05) is 13.2 Å². The number of nitrogens with two attached hydrogens (primary N) is 1. The zero-order valence-corrected chi connectivity index (χ0v) is 11.2. The van der Waals surface area contributed by atoms with Crippen LogP contribution in [0.4, 0.5) is 0 Å². The van der Waals surface area contributed by atoms with Crippen molar-refractivity contribution in [3.05, 3.63) is 41.0 Å². The monoisotopic (exact) mass is 257 g/mol. The van der Waals surface area contributed by atoms with Crippen LogP contribution < -0.4 is 5.73 Å². The zero-order chi connectivity index (χ0) is 13.7. The summed E-state index contributed by atoms with van der Waals surface area (Å²) in [5.74, 6) is 0. The van der Waals surface area contributed by atoms with Crippen LogP contribution in [-0.4, -0.2) is 26.2 Å². The minimum atomic E-state index is -0.0108. The van der Waals surface area contributed by atoms with E-state index >= 15 is 0 Å². The summed E-state index contributed by atoms with van der Waals surface area (Å²) in [5.41, 5.74) is 10.2. The molecule has 2 rings (SSSR count). The van der Waals surface area contributed by atoms with Crippen molar-refractivity contribution in [2.45, 2.75) is 19.4 Å². The second-order valence-electron chi connectivity index (χ2n) is 4.32. The van der Waals surface area contributed by atoms with Crippen LogP contribution in [0, 0.1) is 0 Å². The van der Waals surface area contributed by atoms with Crippen LogP contribution in [0.1, 0.15) is 29.7 Å². The Morgan fingerprint density at radius 3 is 3.11 bits per heavy atom. The van der Waals surface area contributed by atoms with Gasteiger partial charge in [-0.1, -0.05) is 24.3 Å². The van der Waals surface area contributed by atoms with E-state index in [-0.39, 0.29) is 6.10 Å². The van der Waals surface area contributed by atoms with E-state index in [1.54, 1.807) is 0 Å². The Balaban J connectivity index is 2.47. The highest BCUT2D eigenvalue weighted by Crippen LogP contribution is 2.32. The molecule has 0 saturated carbocycles. The van der Waals surface area contributed by atoms with Crippen molar-refractivity contribution < 1.29 is 4.74 Å². The number of nitrogens with zero attached hydrogens (tertiary/aromatic N) is 2. The van der Waals surface area contributed by atoms with E-state index < -0.39 is 0 Å². The van der Waals surface area contributed by atoms with Gasteiger partial charge in [0.2, 0.25) is 0 Å². The van der Waals surface area contributed by atoms with Gasteiger partial charge in [-0.3, -0.25) is 4.99 Å². The Kier molecular flexibility index (Phi) is 4.60. The summed E-state index contributed by atoms with van der Waals surface area (Å²) in [4.78, 5) is 7.99. The van der Waals surface area contributed by atoms with Crippen LogP contribution in [0.25, 0.3) is 5.70 Å². The highest BCUT2D eigenvalue weighted by atomic mass is 16.5. The van der Waals surface area contributed by atoms with E-state index in [0.717, 1.165) is 17.7 Å². The molecule has 4 nitrogen and oxygen atoms in total. The summed E-state index contributed by atoms with van der Waals surface area (Å²) in [6.07, 6.45) is 4.32. The van der Waals surface area contributed by atoms with Crippen molar-refractivity contribution in [2.24, 2.45) is 15.7 Å². The van der Waals surface area contributed by atoms with Gasteiger partial charge < -0.3 is 10.5 Å². The van der Waals surface area contributed by atoms with Gasteiger partial charge in [-0.15, -0.1) is 0 Å².